The first-order valence-electron chi connectivity index (χ1n) is 9.45. The van der Waals surface area contributed by atoms with Gasteiger partial charge in [0, 0.05) is 0 Å². The lowest BCUT2D eigenvalue weighted by Crippen LogP contribution is -2.09. The smallest absolute Gasteiger partial charge is 0.347 e. The zero-order valence-corrected chi connectivity index (χ0v) is 17.5. The first-order valence-corrected chi connectivity index (χ1v) is 9.45. The molecule has 0 aliphatic rings. The van der Waals surface area contributed by atoms with E-state index in [4.69, 9.17) is 18.9 Å². The summed E-state index contributed by atoms with van der Waals surface area (Å²) in [6, 6.07) is 18.7. The molecule has 0 saturated carbocycles. The molecule has 0 fully saturated rings. The largest absolute Gasteiger partial charge is 0.497 e. The second-order valence-electron chi connectivity index (χ2n) is 6.42. The number of carbonyl (C=O) groups excluding carboxylic acids is 2. The molecule has 0 aromatic heterocycles. The van der Waals surface area contributed by atoms with Crippen LogP contribution >= 0.6 is 0 Å². The molecular formula is C25H22O6. The summed E-state index contributed by atoms with van der Waals surface area (Å²) >= 11 is 0. The zero-order chi connectivity index (χ0) is 22.2. The molecule has 0 bridgehead atoms. The molecule has 0 unspecified atom stereocenters. The Morgan fingerprint density at radius 1 is 0.710 bits per heavy atom. The van der Waals surface area contributed by atoms with E-state index in [2.05, 4.69) is 0 Å². The number of para-hydroxylation sites is 1. The molecule has 0 aliphatic carbocycles. The number of hydrogen-bond donors (Lipinski definition) is 0. The van der Waals surface area contributed by atoms with Crippen molar-refractivity contribution < 1.29 is 28.5 Å². The van der Waals surface area contributed by atoms with Crippen LogP contribution in [0.5, 0.6) is 23.0 Å². The molecule has 6 nitrogen and oxygen atoms in total. The Balaban J connectivity index is 1.70. The molecule has 0 N–H and O–H groups in total. The van der Waals surface area contributed by atoms with Crippen molar-refractivity contribution in [2.45, 2.75) is 0 Å². The predicted octanol–water partition coefficient (Wildman–Crippen LogP) is 4.83. The van der Waals surface area contributed by atoms with Gasteiger partial charge in [-0.25, -0.2) is 4.79 Å². The van der Waals surface area contributed by atoms with E-state index in [9.17, 15) is 9.59 Å². The van der Waals surface area contributed by atoms with Gasteiger partial charge in [0.05, 0.1) is 26.9 Å². The van der Waals surface area contributed by atoms with Crippen molar-refractivity contribution in [2.24, 2.45) is 0 Å². The zero-order valence-electron chi connectivity index (χ0n) is 17.5. The van der Waals surface area contributed by atoms with Crippen molar-refractivity contribution in [3.05, 3.63) is 89.5 Å². The van der Waals surface area contributed by atoms with E-state index < -0.39 is 5.97 Å². The monoisotopic (exact) mass is 418 g/mol. The molecule has 31 heavy (non-hydrogen) atoms. The standard InChI is InChI=1S/C25H22O6/c1-28-19-13-15-24(30-3)21(16-19)22(26)14-10-17-8-11-18(12-9-17)31-25(27)20-6-4-5-7-23(20)29-2/h4-16H,1-3H3/b14-10+. The normalized spacial score (nSPS) is 10.5. The van der Waals surface area contributed by atoms with Crippen LogP contribution in [0.15, 0.2) is 72.8 Å². The maximum atomic E-state index is 12.6. The summed E-state index contributed by atoms with van der Waals surface area (Å²) in [5.74, 6) is 1.13. The second-order valence-corrected chi connectivity index (χ2v) is 6.42. The number of allylic oxidation sites excluding steroid dienone is 1. The highest BCUT2D eigenvalue weighted by Gasteiger charge is 2.14. The third kappa shape index (κ3) is 5.30. The van der Waals surface area contributed by atoms with Crippen molar-refractivity contribution in [1.82, 2.24) is 0 Å². The molecule has 0 heterocycles. The van der Waals surface area contributed by atoms with Gasteiger partial charge in [-0.05, 0) is 54.1 Å². The number of ketones is 1. The maximum absolute atomic E-state index is 12.6. The van der Waals surface area contributed by atoms with E-state index in [0.717, 1.165) is 5.56 Å². The van der Waals surface area contributed by atoms with Gasteiger partial charge in [-0.1, -0.05) is 30.3 Å². The molecule has 3 aromatic rings. The minimum Gasteiger partial charge on any atom is -0.497 e. The highest BCUT2D eigenvalue weighted by molar-refractivity contribution is 6.08. The summed E-state index contributed by atoms with van der Waals surface area (Å²) < 4.78 is 21.0. The highest BCUT2D eigenvalue weighted by Crippen LogP contribution is 2.25. The van der Waals surface area contributed by atoms with Crippen LogP contribution in [0.25, 0.3) is 6.08 Å². The van der Waals surface area contributed by atoms with Gasteiger partial charge >= 0.3 is 5.97 Å². The van der Waals surface area contributed by atoms with Gasteiger partial charge in [0.2, 0.25) is 0 Å². The number of hydrogen-bond acceptors (Lipinski definition) is 6. The maximum Gasteiger partial charge on any atom is 0.347 e. The van der Waals surface area contributed by atoms with E-state index in [1.165, 1.54) is 27.4 Å². The van der Waals surface area contributed by atoms with Crippen LogP contribution in [0.4, 0.5) is 0 Å². The molecule has 6 heteroatoms. The Hall–Kier alpha value is -4.06. The van der Waals surface area contributed by atoms with Gasteiger partial charge in [-0.2, -0.15) is 0 Å². The van der Waals surface area contributed by atoms with Crippen molar-refractivity contribution in [3.63, 3.8) is 0 Å². The van der Waals surface area contributed by atoms with E-state index in [0.29, 0.717) is 34.1 Å². The SMILES string of the molecule is COc1ccc(OC)c(C(=O)/C=C/c2ccc(OC(=O)c3ccccc3OC)cc2)c1. The third-order valence-corrected chi connectivity index (χ3v) is 4.52. The van der Waals surface area contributed by atoms with E-state index >= 15 is 0 Å². The van der Waals surface area contributed by atoms with Crippen LogP contribution in [0, 0.1) is 0 Å². The fraction of sp³-hybridized carbons (Fsp3) is 0.120. The first kappa shape index (κ1) is 21.6. The molecule has 0 atom stereocenters. The van der Waals surface area contributed by atoms with Gasteiger partial charge in [0.25, 0.3) is 0 Å². The quantitative estimate of drug-likeness (QED) is 0.226. The number of benzene rings is 3. The van der Waals surface area contributed by atoms with Gasteiger partial charge in [-0.3, -0.25) is 4.79 Å². The van der Waals surface area contributed by atoms with Crippen molar-refractivity contribution in [2.75, 3.05) is 21.3 Å². The topological polar surface area (TPSA) is 71.1 Å². The summed E-state index contributed by atoms with van der Waals surface area (Å²) in [5.41, 5.74) is 1.51. The molecule has 158 valence electrons. The van der Waals surface area contributed by atoms with Crippen molar-refractivity contribution >= 4 is 17.8 Å². The Kier molecular flexibility index (Phi) is 7.06. The summed E-state index contributed by atoms with van der Waals surface area (Å²) in [7, 11) is 4.54. The Bertz CT molecular complexity index is 1100. The molecule has 3 aromatic carbocycles. The number of rotatable bonds is 8. The minimum absolute atomic E-state index is 0.220. The molecule has 0 radical (unpaired) electrons. The fourth-order valence-corrected chi connectivity index (χ4v) is 2.89. The second kappa shape index (κ2) is 10.1. The number of carbonyl (C=O) groups is 2. The summed E-state index contributed by atoms with van der Waals surface area (Å²) in [4.78, 5) is 25.0. The van der Waals surface area contributed by atoms with Crippen LogP contribution in [0.2, 0.25) is 0 Å². The first-order chi connectivity index (χ1) is 15.0. The minimum atomic E-state index is -0.513. The van der Waals surface area contributed by atoms with Crippen LogP contribution in [-0.4, -0.2) is 33.1 Å². The van der Waals surface area contributed by atoms with Gasteiger partial charge in [0.1, 0.15) is 28.6 Å². The molecule has 0 saturated heterocycles. The third-order valence-electron chi connectivity index (χ3n) is 4.52. The van der Waals surface area contributed by atoms with E-state index in [-0.39, 0.29) is 5.78 Å². The van der Waals surface area contributed by atoms with Crippen LogP contribution in [0.1, 0.15) is 26.3 Å². The molecule has 0 spiro atoms. The number of ether oxygens (including phenoxy) is 4. The molecule has 0 amide bonds. The van der Waals surface area contributed by atoms with Crippen molar-refractivity contribution in [3.8, 4) is 23.0 Å². The lowest BCUT2D eigenvalue weighted by atomic mass is 10.1. The predicted molar refractivity (Wildman–Crippen MR) is 117 cm³/mol. The summed E-state index contributed by atoms with van der Waals surface area (Å²) in [5, 5.41) is 0. The van der Waals surface area contributed by atoms with Crippen LogP contribution < -0.4 is 18.9 Å². The van der Waals surface area contributed by atoms with E-state index in [1.807, 2.05) is 0 Å². The lowest BCUT2D eigenvalue weighted by Gasteiger charge is -2.08. The Labute approximate surface area is 180 Å². The van der Waals surface area contributed by atoms with Gasteiger partial charge < -0.3 is 18.9 Å². The lowest BCUT2D eigenvalue weighted by molar-refractivity contribution is 0.0731. The van der Waals surface area contributed by atoms with Gasteiger partial charge in [0.15, 0.2) is 5.78 Å². The number of methoxy groups -OCH3 is 3. The van der Waals surface area contributed by atoms with Crippen LogP contribution in [-0.2, 0) is 0 Å². The van der Waals surface area contributed by atoms with Crippen molar-refractivity contribution in [1.29, 1.82) is 0 Å². The Morgan fingerprint density at radius 2 is 1.35 bits per heavy atom. The average Bonchev–Trinajstić information content (AvgIpc) is 2.82. The van der Waals surface area contributed by atoms with Gasteiger partial charge in [-0.15, -0.1) is 0 Å². The molecular weight excluding hydrogens is 396 g/mol. The Morgan fingerprint density at radius 3 is 2.03 bits per heavy atom. The number of esters is 1. The molecule has 3 rings (SSSR count). The fourth-order valence-electron chi connectivity index (χ4n) is 2.89. The van der Waals surface area contributed by atoms with Crippen LogP contribution in [0.3, 0.4) is 0 Å². The highest BCUT2D eigenvalue weighted by atomic mass is 16.5. The molecule has 0 aliphatic heterocycles. The average molecular weight is 418 g/mol. The summed E-state index contributed by atoms with van der Waals surface area (Å²) in [6.45, 7) is 0. The van der Waals surface area contributed by atoms with E-state index in [1.54, 1.807) is 72.8 Å². The summed E-state index contributed by atoms with van der Waals surface area (Å²) in [6.07, 6.45) is 3.13.